The van der Waals surface area contributed by atoms with Crippen molar-refractivity contribution in [2.75, 3.05) is 6.61 Å². The third-order valence-corrected chi connectivity index (χ3v) is 1.38. The molecule has 1 rings (SSSR count). The van der Waals surface area contributed by atoms with Crippen LogP contribution >= 0.6 is 0 Å². The van der Waals surface area contributed by atoms with Crippen molar-refractivity contribution < 1.29 is 9.63 Å². The van der Waals surface area contributed by atoms with E-state index in [9.17, 15) is 0 Å². The Morgan fingerprint density at radius 2 is 2.25 bits per heavy atom. The standard InChI is InChI=1S/C6H12N4O2/c1-3(7)6-9-5(10-12-6)4(8)2-11/h3-4,11H,2,7-8H2,1H3/t3-,4-/m0/s1. The predicted octanol–water partition coefficient (Wildman–Crippen LogP) is -0.919. The first kappa shape index (κ1) is 9.11. The zero-order chi connectivity index (χ0) is 9.14. The van der Waals surface area contributed by atoms with E-state index in [-0.39, 0.29) is 18.5 Å². The molecule has 1 heterocycles. The molecule has 1 aromatic heterocycles. The zero-order valence-electron chi connectivity index (χ0n) is 6.77. The van der Waals surface area contributed by atoms with Gasteiger partial charge in [-0.25, -0.2) is 0 Å². The average molecular weight is 172 g/mol. The largest absolute Gasteiger partial charge is 0.394 e. The van der Waals surface area contributed by atoms with Gasteiger partial charge in [-0.2, -0.15) is 4.98 Å². The molecule has 0 aliphatic heterocycles. The van der Waals surface area contributed by atoms with Crippen molar-refractivity contribution in [1.29, 1.82) is 0 Å². The van der Waals surface area contributed by atoms with Gasteiger partial charge < -0.3 is 21.1 Å². The van der Waals surface area contributed by atoms with Crippen molar-refractivity contribution in [2.24, 2.45) is 11.5 Å². The first-order valence-corrected chi connectivity index (χ1v) is 3.60. The molecule has 12 heavy (non-hydrogen) atoms. The lowest BCUT2D eigenvalue weighted by Gasteiger charge is -1.99. The molecule has 0 spiro atoms. The third-order valence-electron chi connectivity index (χ3n) is 1.38. The van der Waals surface area contributed by atoms with Crippen LogP contribution < -0.4 is 11.5 Å². The lowest BCUT2D eigenvalue weighted by atomic mass is 10.3. The smallest absolute Gasteiger partial charge is 0.243 e. The van der Waals surface area contributed by atoms with Gasteiger partial charge in [0.05, 0.1) is 18.7 Å². The van der Waals surface area contributed by atoms with Crippen LogP contribution in [0.3, 0.4) is 0 Å². The van der Waals surface area contributed by atoms with Crippen molar-refractivity contribution in [1.82, 2.24) is 10.1 Å². The van der Waals surface area contributed by atoms with Gasteiger partial charge >= 0.3 is 0 Å². The van der Waals surface area contributed by atoms with Gasteiger partial charge in [-0.1, -0.05) is 5.16 Å². The second-order valence-corrected chi connectivity index (χ2v) is 2.57. The van der Waals surface area contributed by atoms with Crippen LogP contribution in [-0.2, 0) is 0 Å². The van der Waals surface area contributed by atoms with Crippen molar-refractivity contribution in [3.8, 4) is 0 Å². The van der Waals surface area contributed by atoms with E-state index in [0.29, 0.717) is 5.89 Å². The molecule has 0 fully saturated rings. The van der Waals surface area contributed by atoms with Gasteiger partial charge in [-0.05, 0) is 6.92 Å². The second-order valence-electron chi connectivity index (χ2n) is 2.57. The number of aliphatic hydroxyl groups is 1. The third kappa shape index (κ3) is 1.79. The lowest BCUT2D eigenvalue weighted by molar-refractivity contribution is 0.259. The van der Waals surface area contributed by atoms with Gasteiger partial charge in [0, 0.05) is 0 Å². The van der Waals surface area contributed by atoms with Crippen molar-refractivity contribution in [3.05, 3.63) is 11.7 Å². The summed E-state index contributed by atoms with van der Waals surface area (Å²) in [7, 11) is 0. The van der Waals surface area contributed by atoms with Gasteiger partial charge in [-0.3, -0.25) is 0 Å². The van der Waals surface area contributed by atoms with Crippen molar-refractivity contribution in [2.45, 2.75) is 19.0 Å². The van der Waals surface area contributed by atoms with Crippen molar-refractivity contribution in [3.63, 3.8) is 0 Å². The Morgan fingerprint density at radius 1 is 1.58 bits per heavy atom. The van der Waals surface area contributed by atoms with Crippen molar-refractivity contribution >= 4 is 0 Å². The molecule has 68 valence electrons. The summed E-state index contributed by atoms with van der Waals surface area (Å²) in [6, 6.07) is -0.904. The van der Waals surface area contributed by atoms with Crippen LogP contribution in [0.4, 0.5) is 0 Å². The minimum atomic E-state index is -0.596. The normalized spacial score (nSPS) is 16.0. The maximum absolute atomic E-state index is 8.66. The first-order valence-electron chi connectivity index (χ1n) is 3.60. The van der Waals surface area contributed by atoms with Crippen LogP contribution in [0.1, 0.15) is 30.7 Å². The number of hydrogen-bond acceptors (Lipinski definition) is 6. The molecule has 0 radical (unpaired) electrons. The summed E-state index contributed by atoms with van der Waals surface area (Å²) in [5.74, 6) is 0.610. The Bertz CT molecular complexity index is 247. The molecule has 0 amide bonds. The summed E-state index contributed by atoms with van der Waals surface area (Å²) in [6.07, 6.45) is 0. The highest BCUT2D eigenvalue weighted by atomic mass is 16.5. The van der Waals surface area contributed by atoms with Crippen LogP contribution in [0.15, 0.2) is 4.52 Å². The molecule has 0 unspecified atom stereocenters. The maximum atomic E-state index is 8.66. The minimum absolute atomic E-state index is 0.210. The molecular formula is C6H12N4O2. The molecule has 2 atom stereocenters. The molecule has 0 bridgehead atoms. The molecule has 0 aliphatic carbocycles. The van der Waals surface area contributed by atoms with Crippen LogP contribution in [0, 0.1) is 0 Å². The quantitative estimate of drug-likeness (QED) is 0.543. The van der Waals surface area contributed by atoms with E-state index in [0.717, 1.165) is 0 Å². The molecule has 0 aliphatic rings. The van der Waals surface area contributed by atoms with Crippen LogP contribution in [-0.4, -0.2) is 21.9 Å². The van der Waals surface area contributed by atoms with Gasteiger partial charge in [-0.15, -0.1) is 0 Å². The zero-order valence-corrected chi connectivity index (χ0v) is 6.77. The molecule has 0 saturated carbocycles. The summed E-state index contributed by atoms with van der Waals surface area (Å²) >= 11 is 0. The Balaban J connectivity index is 2.77. The van der Waals surface area contributed by atoms with E-state index < -0.39 is 6.04 Å². The second kappa shape index (κ2) is 3.61. The highest BCUT2D eigenvalue weighted by Gasteiger charge is 2.14. The predicted molar refractivity (Wildman–Crippen MR) is 40.9 cm³/mol. The molecule has 6 heteroatoms. The Kier molecular flexibility index (Phi) is 2.74. The molecule has 0 saturated heterocycles. The summed E-state index contributed by atoms with van der Waals surface area (Å²) in [4.78, 5) is 3.89. The fourth-order valence-corrected chi connectivity index (χ4v) is 0.664. The molecule has 0 aromatic carbocycles. The van der Waals surface area contributed by atoms with E-state index >= 15 is 0 Å². The Hall–Kier alpha value is -0.980. The van der Waals surface area contributed by atoms with E-state index in [4.69, 9.17) is 21.1 Å². The summed E-state index contributed by atoms with van der Waals surface area (Å²) < 4.78 is 4.77. The number of rotatable bonds is 3. The van der Waals surface area contributed by atoms with E-state index in [1.807, 2.05) is 0 Å². The summed E-state index contributed by atoms with van der Waals surface area (Å²) in [5.41, 5.74) is 10.9. The summed E-state index contributed by atoms with van der Waals surface area (Å²) in [6.45, 7) is 1.51. The van der Waals surface area contributed by atoms with E-state index in [2.05, 4.69) is 10.1 Å². The summed E-state index contributed by atoms with van der Waals surface area (Å²) in [5, 5.41) is 12.2. The van der Waals surface area contributed by atoms with Gasteiger partial charge in [0.2, 0.25) is 5.89 Å². The fourth-order valence-electron chi connectivity index (χ4n) is 0.664. The molecule has 5 N–H and O–H groups in total. The number of aliphatic hydroxyl groups excluding tert-OH is 1. The first-order chi connectivity index (χ1) is 5.65. The fraction of sp³-hybridized carbons (Fsp3) is 0.667. The van der Waals surface area contributed by atoms with Crippen LogP contribution in [0.2, 0.25) is 0 Å². The Morgan fingerprint density at radius 3 is 2.67 bits per heavy atom. The maximum Gasteiger partial charge on any atom is 0.243 e. The van der Waals surface area contributed by atoms with Gasteiger partial charge in [0.1, 0.15) is 0 Å². The van der Waals surface area contributed by atoms with Gasteiger partial charge in [0.25, 0.3) is 0 Å². The Labute approximate surface area is 69.6 Å². The average Bonchev–Trinajstić information content (AvgIpc) is 2.51. The number of nitrogens with zero attached hydrogens (tertiary/aromatic N) is 2. The number of hydrogen-bond donors (Lipinski definition) is 3. The van der Waals surface area contributed by atoms with Crippen LogP contribution in [0.5, 0.6) is 0 Å². The monoisotopic (exact) mass is 172 g/mol. The SMILES string of the molecule is C[C@H](N)c1nc([C@@H](N)CO)no1. The molecule has 1 aromatic rings. The minimum Gasteiger partial charge on any atom is -0.394 e. The molecule has 6 nitrogen and oxygen atoms in total. The van der Waals surface area contributed by atoms with Gasteiger partial charge in [0.15, 0.2) is 5.82 Å². The lowest BCUT2D eigenvalue weighted by Crippen LogP contribution is -2.16. The topological polar surface area (TPSA) is 111 Å². The van der Waals surface area contributed by atoms with E-state index in [1.165, 1.54) is 0 Å². The highest BCUT2D eigenvalue weighted by molar-refractivity contribution is 4.94. The number of nitrogens with two attached hydrogens (primary N) is 2. The molecular weight excluding hydrogens is 160 g/mol. The van der Waals surface area contributed by atoms with E-state index in [1.54, 1.807) is 6.92 Å². The highest BCUT2D eigenvalue weighted by Crippen LogP contribution is 2.09. The number of aromatic nitrogens is 2. The van der Waals surface area contributed by atoms with Crippen LogP contribution in [0.25, 0.3) is 0 Å².